The first kappa shape index (κ1) is 23.2. The van der Waals surface area contributed by atoms with Crippen molar-refractivity contribution in [3.8, 4) is 11.5 Å². The van der Waals surface area contributed by atoms with Crippen molar-refractivity contribution in [1.29, 1.82) is 0 Å². The maximum absolute atomic E-state index is 13.0. The monoisotopic (exact) mass is 479 g/mol. The van der Waals surface area contributed by atoms with Crippen LogP contribution in [0.1, 0.15) is 22.3 Å². The Bertz CT molecular complexity index is 917. The van der Waals surface area contributed by atoms with Crippen LogP contribution in [0.5, 0.6) is 11.5 Å². The minimum Gasteiger partial charge on any atom is -0.493 e. The Morgan fingerprint density at radius 2 is 1.52 bits per heavy atom. The van der Waals surface area contributed by atoms with Crippen molar-refractivity contribution >= 4 is 28.3 Å². The average molecular weight is 481 g/mol. The van der Waals surface area contributed by atoms with Crippen LogP contribution in [0.3, 0.4) is 0 Å². The standard InChI is InChI=1S/C23H23BrFNO2.ClH/c1-16-3-5-17(6-4-16)13-26-14-19-11-21(24)23(22(12-19)27-2)28-15-18-7-9-20(25)10-8-18;/h3-12,26H,13-15H2,1-2H3;1H. The summed E-state index contributed by atoms with van der Waals surface area (Å²) in [7, 11) is 1.62. The van der Waals surface area contributed by atoms with Crippen molar-refractivity contribution in [2.45, 2.75) is 26.6 Å². The zero-order valence-electron chi connectivity index (χ0n) is 16.4. The van der Waals surface area contributed by atoms with E-state index in [1.54, 1.807) is 19.2 Å². The molecule has 0 atom stereocenters. The summed E-state index contributed by atoms with van der Waals surface area (Å²) in [6.07, 6.45) is 0. The number of benzene rings is 3. The van der Waals surface area contributed by atoms with Crippen LogP contribution < -0.4 is 14.8 Å². The van der Waals surface area contributed by atoms with Gasteiger partial charge in [-0.3, -0.25) is 0 Å². The predicted molar refractivity (Wildman–Crippen MR) is 120 cm³/mol. The molecule has 3 rings (SSSR count). The van der Waals surface area contributed by atoms with Crippen LogP contribution >= 0.6 is 28.3 Å². The number of aryl methyl sites for hydroxylation is 1. The van der Waals surface area contributed by atoms with Gasteiger partial charge in [0, 0.05) is 13.1 Å². The number of halogens is 3. The van der Waals surface area contributed by atoms with Crippen molar-refractivity contribution < 1.29 is 13.9 Å². The second-order valence-corrected chi connectivity index (χ2v) is 7.47. The summed E-state index contributed by atoms with van der Waals surface area (Å²) in [5.74, 6) is 1.03. The van der Waals surface area contributed by atoms with Gasteiger partial charge in [0.15, 0.2) is 11.5 Å². The maximum atomic E-state index is 13.0. The molecule has 3 aromatic carbocycles. The van der Waals surface area contributed by atoms with Gasteiger partial charge in [0.05, 0.1) is 11.6 Å². The molecule has 0 aliphatic heterocycles. The first-order valence-electron chi connectivity index (χ1n) is 9.05. The third-order valence-electron chi connectivity index (χ3n) is 4.36. The van der Waals surface area contributed by atoms with Gasteiger partial charge in [-0.15, -0.1) is 12.4 Å². The van der Waals surface area contributed by atoms with E-state index < -0.39 is 0 Å². The normalized spacial score (nSPS) is 10.3. The number of methoxy groups -OCH3 is 1. The van der Waals surface area contributed by atoms with Crippen molar-refractivity contribution in [3.05, 3.63) is 93.2 Å². The summed E-state index contributed by atoms with van der Waals surface area (Å²) in [6, 6.07) is 18.7. The summed E-state index contributed by atoms with van der Waals surface area (Å²) in [5, 5.41) is 3.45. The first-order chi connectivity index (χ1) is 13.5. The molecule has 3 nitrogen and oxygen atoms in total. The van der Waals surface area contributed by atoms with Gasteiger partial charge >= 0.3 is 0 Å². The molecule has 0 heterocycles. The summed E-state index contributed by atoms with van der Waals surface area (Å²) in [6.45, 7) is 3.92. The lowest BCUT2D eigenvalue weighted by molar-refractivity contribution is 0.282. The summed E-state index contributed by atoms with van der Waals surface area (Å²) < 4.78 is 25.3. The molecule has 0 saturated carbocycles. The zero-order valence-corrected chi connectivity index (χ0v) is 18.8. The molecule has 3 aromatic rings. The Balaban J connectivity index is 0.00000300. The molecule has 0 saturated heterocycles. The highest BCUT2D eigenvalue weighted by Gasteiger charge is 2.12. The van der Waals surface area contributed by atoms with Crippen LogP contribution in [-0.4, -0.2) is 7.11 Å². The predicted octanol–water partition coefficient (Wildman–Crippen LogP) is 6.20. The third kappa shape index (κ3) is 6.74. The van der Waals surface area contributed by atoms with Gasteiger partial charge in [-0.25, -0.2) is 4.39 Å². The zero-order chi connectivity index (χ0) is 19.9. The van der Waals surface area contributed by atoms with E-state index in [1.807, 2.05) is 12.1 Å². The highest BCUT2D eigenvalue weighted by atomic mass is 79.9. The molecule has 154 valence electrons. The molecule has 0 unspecified atom stereocenters. The Hall–Kier alpha value is -2.08. The fourth-order valence-corrected chi connectivity index (χ4v) is 3.41. The number of rotatable bonds is 8. The fraction of sp³-hybridized carbons (Fsp3) is 0.217. The molecular weight excluding hydrogens is 457 g/mol. The Morgan fingerprint density at radius 1 is 0.897 bits per heavy atom. The summed E-state index contributed by atoms with van der Waals surface area (Å²) >= 11 is 3.58. The molecule has 0 fully saturated rings. The Kier molecular flexibility index (Phi) is 8.96. The summed E-state index contributed by atoms with van der Waals surface area (Å²) in [4.78, 5) is 0. The quantitative estimate of drug-likeness (QED) is 0.417. The van der Waals surface area contributed by atoms with Crippen LogP contribution in [0.4, 0.5) is 4.39 Å². The SMILES string of the molecule is COc1cc(CNCc2ccc(C)cc2)cc(Br)c1OCc1ccc(F)cc1.Cl. The molecule has 0 radical (unpaired) electrons. The number of nitrogens with one attached hydrogen (secondary N) is 1. The number of ether oxygens (including phenoxy) is 2. The second-order valence-electron chi connectivity index (χ2n) is 6.61. The summed E-state index contributed by atoms with van der Waals surface area (Å²) in [5.41, 5.74) is 4.48. The van der Waals surface area contributed by atoms with Crippen molar-refractivity contribution in [2.75, 3.05) is 7.11 Å². The highest BCUT2D eigenvalue weighted by Crippen LogP contribution is 2.37. The average Bonchev–Trinajstić information content (AvgIpc) is 2.69. The van der Waals surface area contributed by atoms with E-state index in [-0.39, 0.29) is 18.2 Å². The second kappa shape index (κ2) is 11.2. The van der Waals surface area contributed by atoms with Crippen LogP contribution in [0.2, 0.25) is 0 Å². The van der Waals surface area contributed by atoms with Crippen molar-refractivity contribution in [2.24, 2.45) is 0 Å². The van der Waals surface area contributed by atoms with Gasteiger partial charge in [-0.2, -0.15) is 0 Å². The topological polar surface area (TPSA) is 30.5 Å². The number of hydrogen-bond acceptors (Lipinski definition) is 3. The van der Waals surface area contributed by atoms with Crippen LogP contribution in [-0.2, 0) is 19.7 Å². The molecule has 29 heavy (non-hydrogen) atoms. The largest absolute Gasteiger partial charge is 0.493 e. The molecule has 0 spiro atoms. The lowest BCUT2D eigenvalue weighted by atomic mass is 10.1. The first-order valence-corrected chi connectivity index (χ1v) is 9.84. The van der Waals surface area contributed by atoms with Gasteiger partial charge in [-0.05, 0) is 63.8 Å². The Labute approximate surface area is 185 Å². The van der Waals surface area contributed by atoms with Gasteiger partial charge in [-0.1, -0.05) is 42.0 Å². The number of hydrogen-bond donors (Lipinski definition) is 1. The third-order valence-corrected chi connectivity index (χ3v) is 4.95. The molecule has 0 amide bonds. The van der Waals surface area contributed by atoms with E-state index in [4.69, 9.17) is 9.47 Å². The molecule has 6 heteroatoms. The lowest BCUT2D eigenvalue weighted by Crippen LogP contribution is -2.13. The van der Waals surface area contributed by atoms with Crippen LogP contribution in [0.25, 0.3) is 0 Å². The highest BCUT2D eigenvalue weighted by molar-refractivity contribution is 9.10. The minimum absolute atomic E-state index is 0. The van der Waals surface area contributed by atoms with Crippen LogP contribution in [0, 0.1) is 12.7 Å². The minimum atomic E-state index is -0.259. The van der Waals surface area contributed by atoms with E-state index in [0.29, 0.717) is 24.7 Å². The lowest BCUT2D eigenvalue weighted by Gasteiger charge is -2.15. The molecular formula is C23H24BrClFNO2. The van der Waals surface area contributed by atoms with E-state index in [1.165, 1.54) is 23.3 Å². The van der Waals surface area contributed by atoms with Crippen molar-refractivity contribution in [3.63, 3.8) is 0 Å². The van der Waals surface area contributed by atoms with E-state index in [2.05, 4.69) is 52.4 Å². The molecule has 0 aliphatic rings. The van der Waals surface area contributed by atoms with E-state index >= 15 is 0 Å². The van der Waals surface area contributed by atoms with Gasteiger partial charge < -0.3 is 14.8 Å². The molecule has 0 aromatic heterocycles. The molecule has 0 bridgehead atoms. The van der Waals surface area contributed by atoms with E-state index in [0.717, 1.165) is 22.1 Å². The van der Waals surface area contributed by atoms with Gasteiger partial charge in [0.2, 0.25) is 0 Å². The Morgan fingerprint density at radius 3 is 2.17 bits per heavy atom. The van der Waals surface area contributed by atoms with E-state index in [9.17, 15) is 4.39 Å². The van der Waals surface area contributed by atoms with Gasteiger partial charge in [0.25, 0.3) is 0 Å². The molecule has 0 aliphatic carbocycles. The smallest absolute Gasteiger partial charge is 0.175 e. The fourth-order valence-electron chi connectivity index (χ4n) is 2.81. The van der Waals surface area contributed by atoms with Gasteiger partial charge in [0.1, 0.15) is 12.4 Å². The maximum Gasteiger partial charge on any atom is 0.175 e. The van der Waals surface area contributed by atoms with Crippen molar-refractivity contribution in [1.82, 2.24) is 5.32 Å². The van der Waals surface area contributed by atoms with Crippen LogP contribution in [0.15, 0.2) is 65.1 Å². The molecule has 1 N–H and O–H groups in total.